The van der Waals surface area contributed by atoms with E-state index in [1.165, 1.54) is 12.3 Å². The van der Waals surface area contributed by atoms with Crippen molar-refractivity contribution in [3.63, 3.8) is 0 Å². The van der Waals surface area contributed by atoms with Crippen LogP contribution < -0.4 is 5.63 Å². The Hall–Kier alpha value is -1.58. The summed E-state index contributed by atoms with van der Waals surface area (Å²) < 4.78 is 23.8. The number of carbonyl (C=O) groups is 1. The van der Waals surface area contributed by atoms with Crippen LogP contribution in [0.15, 0.2) is 27.6 Å². The maximum absolute atomic E-state index is 13.1. The normalized spacial score (nSPS) is 57.1. The molecular formula is C26H32O8. The predicted octanol–water partition coefficient (Wildman–Crippen LogP) is 2.25. The number of aliphatic hydroxyl groups is 2. The molecule has 0 radical (unpaired) electrons. The van der Waals surface area contributed by atoms with Crippen LogP contribution in [0, 0.1) is 22.7 Å². The van der Waals surface area contributed by atoms with Gasteiger partial charge in [0.2, 0.25) is 0 Å². The molecule has 1 spiro atoms. The fourth-order valence-corrected chi connectivity index (χ4v) is 9.75. The highest BCUT2D eigenvalue weighted by Gasteiger charge is 2.80. The van der Waals surface area contributed by atoms with Gasteiger partial charge in [0.15, 0.2) is 0 Å². The summed E-state index contributed by atoms with van der Waals surface area (Å²) in [5, 5.41) is 24.2. The molecule has 184 valence electrons. The maximum Gasteiger partial charge on any atom is 0.335 e. The summed E-state index contributed by atoms with van der Waals surface area (Å²) in [5.74, 6) is -1.95. The molecule has 1 aromatic heterocycles. The molecule has 8 rings (SSSR count). The number of carbonyl (C=O) groups excluding carboxylic acids is 1. The van der Waals surface area contributed by atoms with Crippen LogP contribution in [-0.4, -0.2) is 52.0 Å². The summed E-state index contributed by atoms with van der Waals surface area (Å²) in [7, 11) is 0. The highest BCUT2D eigenvalue weighted by molar-refractivity contribution is 5.66. The first-order valence-electron chi connectivity index (χ1n) is 12.6. The van der Waals surface area contributed by atoms with Gasteiger partial charge in [-0.05, 0) is 55.6 Å². The molecule has 34 heavy (non-hydrogen) atoms. The zero-order chi connectivity index (χ0) is 23.7. The van der Waals surface area contributed by atoms with Crippen LogP contribution >= 0.6 is 0 Å². The van der Waals surface area contributed by atoms with Crippen molar-refractivity contribution in [1.29, 1.82) is 0 Å². The summed E-state index contributed by atoms with van der Waals surface area (Å²) in [4.78, 5) is 24.6. The van der Waals surface area contributed by atoms with Crippen LogP contribution in [0.2, 0.25) is 0 Å². The number of rotatable bonds is 2. The van der Waals surface area contributed by atoms with E-state index < -0.39 is 51.8 Å². The van der Waals surface area contributed by atoms with E-state index in [1.54, 1.807) is 13.0 Å². The molecule has 8 heteroatoms. The van der Waals surface area contributed by atoms with Gasteiger partial charge < -0.3 is 33.6 Å². The molecule has 0 amide bonds. The van der Waals surface area contributed by atoms with Crippen molar-refractivity contribution in [2.24, 2.45) is 22.7 Å². The minimum Gasteiger partial charge on any atom is -0.431 e. The standard InChI is InChI=1S/C26H32O8/c1-22-11-18(28)21-17(26(22,30)8-6-16(22)14-3-4-20(29)31-12-14)5-7-24-10-15-9-19(25(21,24)13-27)33-23(2,32-15)34-24/h3-4,12-13,15-19,21,28,30H,5-11H2,1-2H3/t15-,16+,17+,18+,19+,21+,22+,23?,24-,25+,26-/m0/s1. The monoisotopic (exact) mass is 472 g/mol. The molecule has 4 saturated carbocycles. The van der Waals surface area contributed by atoms with Crippen molar-refractivity contribution in [2.45, 2.75) is 100 Å². The molecule has 8 nitrogen and oxygen atoms in total. The van der Waals surface area contributed by atoms with E-state index in [0.717, 1.165) is 18.3 Å². The third kappa shape index (κ3) is 2.28. The number of aliphatic hydroxyl groups excluding tert-OH is 1. The van der Waals surface area contributed by atoms with E-state index in [9.17, 15) is 19.8 Å². The smallest absolute Gasteiger partial charge is 0.335 e. The second-order valence-electron chi connectivity index (χ2n) is 12.1. The van der Waals surface area contributed by atoms with Gasteiger partial charge in [-0.3, -0.25) is 0 Å². The number of ether oxygens (including phenoxy) is 3. The SMILES string of the molecule is CC12O[C@H]3C[C@@H](O1)[C@]1(C=O)[C@H]4[C@H](O)C[C@]5(C)[C@@H](c6ccc(=O)oc6)CC[C@]5(O)[C@@H]4CC[C@@]1(C3)O2. The Kier molecular flexibility index (Phi) is 4.08. The van der Waals surface area contributed by atoms with Gasteiger partial charge in [0.1, 0.15) is 6.29 Å². The van der Waals surface area contributed by atoms with Crippen LogP contribution in [0.5, 0.6) is 0 Å². The first kappa shape index (κ1) is 21.7. The maximum atomic E-state index is 13.1. The third-order valence-electron chi connectivity index (χ3n) is 10.9. The van der Waals surface area contributed by atoms with Crippen molar-refractivity contribution in [2.75, 3.05) is 0 Å². The van der Waals surface area contributed by atoms with E-state index in [1.807, 2.05) is 6.92 Å². The Labute approximate surface area is 197 Å². The fourth-order valence-electron chi connectivity index (χ4n) is 9.75. The lowest BCUT2D eigenvalue weighted by atomic mass is 9.40. The summed E-state index contributed by atoms with van der Waals surface area (Å²) in [5.41, 5.74) is -3.00. The largest absolute Gasteiger partial charge is 0.431 e. The van der Waals surface area contributed by atoms with E-state index in [2.05, 4.69) is 0 Å². The van der Waals surface area contributed by atoms with E-state index in [4.69, 9.17) is 18.6 Å². The molecule has 4 heterocycles. The molecule has 7 aliphatic rings. The first-order chi connectivity index (χ1) is 16.1. The summed E-state index contributed by atoms with van der Waals surface area (Å²) in [6.07, 6.45) is 5.38. The van der Waals surface area contributed by atoms with Crippen molar-refractivity contribution in [3.05, 3.63) is 34.4 Å². The lowest BCUT2D eigenvalue weighted by molar-refractivity contribution is -0.543. The van der Waals surface area contributed by atoms with Crippen LogP contribution in [-0.2, 0) is 19.0 Å². The fraction of sp³-hybridized carbons (Fsp3) is 0.769. The highest BCUT2D eigenvalue weighted by atomic mass is 16.9. The number of hydrogen-bond donors (Lipinski definition) is 2. The van der Waals surface area contributed by atoms with Crippen molar-refractivity contribution in [1.82, 2.24) is 0 Å². The van der Waals surface area contributed by atoms with Crippen molar-refractivity contribution < 1.29 is 33.6 Å². The molecule has 4 aliphatic carbocycles. The van der Waals surface area contributed by atoms with Gasteiger partial charge in [-0.15, -0.1) is 0 Å². The Morgan fingerprint density at radius 2 is 1.94 bits per heavy atom. The van der Waals surface area contributed by atoms with Gasteiger partial charge in [-0.2, -0.15) is 0 Å². The minimum absolute atomic E-state index is 0.0280. The molecule has 7 fully saturated rings. The molecule has 11 atom stereocenters. The topological polar surface area (TPSA) is 115 Å². The Morgan fingerprint density at radius 1 is 1.12 bits per heavy atom. The predicted molar refractivity (Wildman–Crippen MR) is 117 cm³/mol. The van der Waals surface area contributed by atoms with Crippen LogP contribution in [0.1, 0.15) is 70.3 Å². The molecule has 3 saturated heterocycles. The van der Waals surface area contributed by atoms with Crippen molar-refractivity contribution in [3.8, 4) is 0 Å². The lowest BCUT2D eigenvalue weighted by Gasteiger charge is -2.73. The molecule has 4 bridgehead atoms. The molecule has 2 N–H and O–H groups in total. The Morgan fingerprint density at radius 3 is 2.65 bits per heavy atom. The number of fused-ring (bicyclic) bond motifs is 3. The zero-order valence-electron chi connectivity index (χ0n) is 19.6. The minimum atomic E-state index is -1.16. The van der Waals surface area contributed by atoms with E-state index in [0.29, 0.717) is 38.5 Å². The lowest BCUT2D eigenvalue weighted by Crippen LogP contribution is -2.82. The van der Waals surface area contributed by atoms with Gasteiger partial charge in [0, 0.05) is 37.2 Å². The van der Waals surface area contributed by atoms with Gasteiger partial charge in [-0.1, -0.05) is 6.92 Å². The Bertz CT molecular complexity index is 1100. The first-order valence-corrected chi connectivity index (χ1v) is 12.6. The summed E-state index contributed by atoms with van der Waals surface area (Å²) >= 11 is 0. The molecule has 1 aromatic rings. The molecule has 1 unspecified atom stereocenters. The average molecular weight is 473 g/mol. The second kappa shape index (κ2) is 6.40. The van der Waals surface area contributed by atoms with E-state index >= 15 is 0 Å². The molecular weight excluding hydrogens is 440 g/mol. The van der Waals surface area contributed by atoms with E-state index in [-0.39, 0.29) is 17.9 Å². The average Bonchev–Trinajstić information content (AvgIpc) is 3.04. The van der Waals surface area contributed by atoms with Crippen LogP contribution in [0.25, 0.3) is 0 Å². The summed E-state index contributed by atoms with van der Waals surface area (Å²) in [6, 6.07) is 3.19. The summed E-state index contributed by atoms with van der Waals surface area (Å²) in [6.45, 7) is 3.82. The highest BCUT2D eigenvalue weighted by Crippen LogP contribution is 2.74. The van der Waals surface area contributed by atoms with Gasteiger partial charge >= 0.3 is 5.63 Å². The van der Waals surface area contributed by atoms with Gasteiger partial charge in [0.05, 0.1) is 41.2 Å². The van der Waals surface area contributed by atoms with Gasteiger partial charge in [0.25, 0.3) is 5.97 Å². The number of hydrogen-bond acceptors (Lipinski definition) is 8. The third-order valence-corrected chi connectivity index (χ3v) is 10.9. The van der Waals surface area contributed by atoms with Crippen molar-refractivity contribution >= 4 is 6.29 Å². The Balaban J connectivity index is 1.33. The van der Waals surface area contributed by atoms with Crippen LogP contribution in [0.3, 0.4) is 0 Å². The molecule has 0 aromatic carbocycles. The second-order valence-corrected chi connectivity index (χ2v) is 12.1. The zero-order valence-corrected chi connectivity index (χ0v) is 19.6. The quantitative estimate of drug-likeness (QED) is 0.630. The number of aldehydes is 1. The molecule has 3 aliphatic heterocycles. The van der Waals surface area contributed by atoms with Crippen LogP contribution in [0.4, 0.5) is 0 Å². The van der Waals surface area contributed by atoms with Gasteiger partial charge in [-0.25, -0.2) is 4.79 Å².